The minimum atomic E-state index is 0.135. The highest BCUT2D eigenvalue weighted by molar-refractivity contribution is 7.19. The van der Waals surface area contributed by atoms with E-state index in [1.165, 1.54) is 9.58 Å². The number of Topliss-reactive ketones (excluding diaryl/α,β-unsaturated/α-hetero) is 1. The maximum atomic E-state index is 11.6. The Hall–Kier alpha value is -3.36. The molecule has 4 aromatic rings. The van der Waals surface area contributed by atoms with Crippen LogP contribution in [-0.2, 0) is 22.6 Å². The highest BCUT2D eigenvalue weighted by atomic mass is 32.1. The van der Waals surface area contributed by atoms with Gasteiger partial charge in [-0.2, -0.15) is 0 Å². The van der Waals surface area contributed by atoms with Crippen molar-refractivity contribution in [3.05, 3.63) is 59.1 Å². The van der Waals surface area contributed by atoms with Crippen LogP contribution in [0.4, 0.5) is 11.6 Å². The molecule has 1 amide bonds. The van der Waals surface area contributed by atoms with Gasteiger partial charge in [0.15, 0.2) is 0 Å². The van der Waals surface area contributed by atoms with Crippen molar-refractivity contribution in [2.24, 2.45) is 0 Å². The van der Waals surface area contributed by atoms with E-state index in [1.54, 1.807) is 25.2 Å². The van der Waals surface area contributed by atoms with Gasteiger partial charge in [-0.3, -0.25) is 14.5 Å². The van der Waals surface area contributed by atoms with Crippen LogP contribution in [-0.4, -0.2) is 57.6 Å². The molecular weight excluding hydrogens is 446 g/mol. The highest BCUT2D eigenvalue weighted by Crippen LogP contribution is 2.32. The van der Waals surface area contributed by atoms with Crippen LogP contribution < -0.4 is 5.32 Å². The van der Waals surface area contributed by atoms with E-state index >= 15 is 0 Å². The second-order valence-corrected chi connectivity index (χ2v) is 9.98. The minimum Gasteiger partial charge on any atom is -0.340 e. The predicted molar refractivity (Wildman–Crippen MR) is 137 cm³/mol. The summed E-state index contributed by atoms with van der Waals surface area (Å²) in [7, 11) is 0. The van der Waals surface area contributed by atoms with E-state index in [0.29, 0.717) is 12.4 Å². The fourth-order valence-corrected chi connectivity index (χ4v) is 5.52. The van der Waals surface area contributed by atoms with E-state index in [1.807, 2.05) is 35.4 Å². The third-order valence-electron chi connectivity index (χ3n) is 6.13. The number of nitrogens with one attached hydrogen (secondary N) is 1. The fourth-order valence-electron chi connectivity index (χ4n) is 4.42. The summed E-state index contributed by atoms with van der Waals surface area (Å²) >= 11 is 1.80. The molecule has 0 bridgehead atoms. The Kier molecular flexibility index (Phi) is 6.26. The maximum absolute atomic E-state index is 11.6. The Balaban J connectivity index is 1.37. The van der Waals surface area contributed by atoms with Gasteiger partial charge in [-0.05, 0) is 42.8 Å². The lowest BCUT2D eigenvalue weighted by Gasteiger charge is -2.33. The van der Waals surface area contributed by atoms with E-state index in [4.69, 9.17) is 4.98 Å². The van der Waals surface area contributed by atoms with Crippen LogP contribution in [0.25, 0.3) is 21.0 Å². The van der Waals surface area contributed by atoms with Crippen molar-refractivity contribution in [1.82, 2.24) is 19.8 Å². The van der Waals surface area contributed by atoms with Crippen LogP contribution in [0.5, 0.6) is 0 Å². The Morgan fingerprint density at radius 3 is 2.65 bits per heavy atom. The molecule has 3 heterocycles. The van der Waals surface area contributed by atoms with Gasteiger partial charge in [-0.1, -0.05) is 12.1 Å². The molecule has 7 nitrogen and oxygen atoms in total. The average Bonchev–Trinajstić information content (AvgIpc) is 3.22. The van der Waals surface area contributed by atoms with Gasteiger partial charge in [-0.15, -0.1) is 11.3 Å². The number of ketones is 1. The number of aromatic nitrogens is 2. The van der Waals surface area contributed by atoms with Crippen molar-refractivity contribution in [2.75, 3.05) is 31.5 Å². The van der Waals surface area contributed by atoms with Crippen molar-refractivity contribution in [3.8, 4) is 0 Å². The number of benzene rings is 2. The minimum absolute atomic E-state index is 0.135. The Labute approximate surface area is 202 Å². The quantitative estimate of drug-likeness (QED) is 0.448. The molecule has 0 radical (unpaired) electrons. The monoisotopic (exact) mass is 473 g/mol. The molecule has 5 rings (SSSR count). The molecule has 1 saturated heterocycles. The molecule has 174 valence electrons. The number of rotatable bonds is 6. The van der Waals surface area contributed by atoms with E-state index in [9.17, 15) is 9.59 Å². The smallest absolute Gasteiger partial charge is 0.227 e. The summed E-state index contributed by atoms with van der Waals surface area (Å²) in [6.45, 7) is 7.49. The second kappa shape index (κ2) is 9.48. The lowest BCUT2D eigenvalue weighted by Crippen LogP contribution is -2.47. The number of amides is 1. The van der Waals surface area contributed by atoms with Crippen LogP contribution in [0.3, 0.4) is 0 Å². The SMILES string of the molecule is CC(=O)Cc1cccc(Nc2ncc3ccc4sc(CN5CCN(C(C)=O)CC5)cc4c3n2)c1. The molecule has 2 aromatic carbocycles. The Morgan fingerprint density at radius 2 is 1.88 bits per heavy atom. The number of carbonyl (C=O) groups is 2. The molecule has 1 N–H and O–H groups in total. The topological polar surface area (TPSA) is 78.4 Å². The number of hydrogen-bond donors (Lipinski definition) is 1. The molecule has 0 aliphatic carbocycles. The summed E-state index contributed by atoms with van der Waals surface area (Å²) in [5.41, 5.74) is 2.76. The zero-order chi connectivity index (χ0) is 23.7. The lowest BCUT2D eigenvalue weighted by molar-refractivity contribution is -0.130. The van der Waals surface area contributed by atoms with Crippen LogP contribution in [0.2, 0.25) is 0 Å². The Morgan fingerprint density at radius 1 is 1.06 bits per heavy atom. The standard InChI is InChI=1S/C26H27N5O2S/c1-17(32)12-19-4-3-5-21(13-19)28-26-27-15-20-6-7-24-23(25(20)29-26)14-22(34-24)16-30-8-10-31(11-9-30)18(2)33/h3-7,13-15H,8-12,16H2,1-2H3,(H,27,28,29). The van der Waals surface area contributed by atoms with Gasteiger partial charge < -0.3 is 10.2 Å². The fraction of sp³-hybridized carbons (Fsp3) is 0.308. The van der Waals surface area contributed by atoms with Crippen molar-refractivity contribution < 1.29 is 9.59 Å². The van der Waals surface area contributed by atoms with Crippen LogP contribution in [0.1, 0.15) is 24.3 Å². The number of thiophene rings is 1. The lowest BCUT2D eigenvalue weighted by atomic mass is 10.1. The average molecular weight is 474 g/mol. The molecule has 0 saturated carbocycles. The highest BCUT2D eigenvalue weighted by Gasteiger charge is 2.19. The van der Waals surface area contributed by atoms with Crippen molar-refractivity contribution in [3.63, 3.8) is 0 Å². The molecular formula is C26H27N5O2S. The zero-order valence-corrected chi connectivity index (χ0v) is 20.2. The maximum Gasteiger partial charge on any atom is 0.227 e. The largest absolute Gasteiger partial charge is 0.340 e. The van der Waals surface area contributed by atoms with E-state index < -0.39 is 0 Å². The first-order valence-corrected chi connectivity index (χ1v) is 12.3. The molecule has 8 heteroatoms. The molecule has 0 spiro atoms. The third-order valence-corrected chi connectivity index (χ3v) is 7.22. The van der Waals surface area contributed by atoms with E-state index in [0.717, 1.165) is 60.3 Å². The van der Waals surface area contributed by atoms with Crippen LogP contribution >= 0.6 is 11.3 Å². The van der Waals surface area contributed by atoms with Gasteiger partial charge in [0.2, 0.25) is 11.9 Å². The first kappa shape index (κ1) is 22.4. The number of nitrogens with zero attached hydrogens (tertiary/aromatic N) is 4. The predicted octanol–water partition coefficient (Wildman–Crippen LogP) is 4.38. The zero-order valence-electron chi connectivity index (χ0n) is 19.4. The molecule has 34 heavy (non-hydrogen) atoms. The van der Waals surface area contributed by atoms with Crippen molar-refractivity contribution >= 4 is 55.7 Å². The van der Waals surface area contributed by atoms with Gasteiger partial charge in [0, 0.05) is 78.3 Å². The number of carbonyl (C=O) groups excluding carboxylic acids is 2. The first-order chi connectivity index (χ1) is 16.4. The van der Waals surface area contributed by atoms with Gasteiger partial charge in [0.05, 0.1) is 5.52 Å². The Bertz CT molecular complexity index is 1370. The van der Waals surface area contributed by atoms with E-state index in [-0.39, 0.29) is 11.7 Å². The van der Waals surface area contributed by atoms with Crippen LogP contribution in [0, 0.1) is 0 Å². The number of hydrogen-bond acceptors (Lipinski definition) is 7. The van der Waals surface area contributed by atoms with Crippen molar-refractivity contribution in [2.45, 2.75) is 26.8 Å². The number of piperazine rings is 1. The summed E-state index contributed by atoms with van der Waals surface area (Å²) in [6.07, 6.45) is 2.26. The first-order valence-electron chi connectivity index (χ1n) is 11.5. The molecule has 0 atom stereocenters. The summed E-state index contributed by atoms with van der Waals surface area (Å²) < 4.78 is 1.21. The summed E-state index contributed by atoms with van der Waals surface area (Å²) in [6, 6.07) is 14.2. The molecule has 2 aromatic heterocycles. The van der Waals surface area contributed by atoms with Gasteiger partial charge in [-0.25, -0.2) is 9.97 Å². The van der Waals surface area contributed by atoms with Crippen molar-refractivity contribution in [1.29, 1.82) is 0 Å². The molecule has 1 aliphatic heterocycles. The summed E-state index contributed by atoms with van der Waals surface area (Å²) in [5.74, 6) is 0.825. The summed E-state index contributed by atoms with van der Waals surface area (Å²) in [5, 5.41) is 5.43. The third kappa shape index (κ3) is 4.93. The number of fused-ring (bicyclic) bond motifs is 3. The van der Waals surface area contributed by atoms with E-state index in [2.05, 4.69) is 33.4 Å². The number of anilines is 2. The molecule has 1 aliphatic rings. The van der Waals surface area contributed by atoms with Gasteiger partial charge in [0.1, 0.15) is 5.78 Å². The van der Waals surface area contributed by atoms with Gasteiger partial charge in [0.25, 0.3) is 0 Å². The second-order valence-electron chi connectivity index (χ2n) is 8.81. The van der Waals surface area contributed by atoms with Gasteiger partial charge >= 0.3 is 0 Å². The van der Waals surface area contributed by atoms with Crippen LogP contribution in [0.15, 0.2) is 48.7 Å². The normalized spacial score (nSPS) is 14.6. The molecule has 1 fully saturated rings. The molecule has 0 unspecified atom stereocenters. The summed E-state index contributed by atoms with van der Waals surface area (Å²) in [4.78, 5) is 38.0.